The van der Waals surface area contributed by atoms with Gasteiger partial charge < -0.3 is 89.9 Å². The zero-order valence-corrected chi connectivity index (χ0v) is 48.4. The van der Waals surface area contributed by atoms with Gasteiger partial charge in [0.15, 0.2) is 18.9 Å². The molecule has 3 rings (SSSR count). The van der Waals surface area contributed by atoms with Crippen LogP contribution in [0.3, 0.4) is 0 Å². The van der Waals surface area contributed by atoms with Crippen molar-refractivity contribution in [1.82, 2.24) is 5.32 Å². The Balaban J connectivity index is 1.43. The fourth-order valence-electron chi connectivity index (χ4n) is 10.6. The number of carbonyl (C=O) groups excluding carboxylic acids is 1. The minimum atomic E-state index is -1.98. The summed E-state index contributed by atoms with van der Waals surface area (Å²) in [5.74, 6) is -0.290. The van der Waals surface area contributed by atoms with Crippen molar-refractivity contribution in [3.8, 4) is 0 Å². The van der Waals surface area contributed by atoms with Gasteiger partial charge in [0.25, 0.3) is 0 Å². The normalized spacial score (nSPS) is 30.4. The summed E-state index contributed by atoms with van der Waals surface area (Å²) in [5, 5.41) is 120. The van der Waals surface area contributed by atoms with Gasteiger partial charge in [0.2, 0.25) is 5.91 Å². The molecule has 79 heavy (non-hydrogen) atoms. The first kappa shape index (κ1) is 71.5. The fourth-order valence-corrected chi connectivity index (χ4v) is 10.6. The summed E-state index contributed by atoms with van der Waals surface area (Å²) < 4.78 is 34.2. The summed E-state index contributed by atoms with van der Waals surface area (Å²) in [5.41, 5.74) is 0. The maximum Gasteiger partial charge on any atom is 0.220 e. The lowest BCUT2D eigenvalue weighted by Gasteiger charge is -2.48. The van der Waals surface area contributed by atoms with Crippen molar-refractivity contribution in [2.75, 3.05) is 26.4 Å². The van der Waals surface area contributed by atoms with E-state index in [1.54, 1.807) is 6.08 Å². The molecule has 3 aliphatic heterocycles. The van der Waals surface area contributed by atoms with Crippen LogP contribution in [0.15, 0.2) is 24.3 Å². The Morgan fingerprint density at radius 3 is 1.27 bits per heavy atom. The number of carbonyl (C=O) groups is 1. The monoisotopic (exact) mass is 1130 g/mol. The second-order valence-corrected chi connectivity index (χ2v) is 22.5. The highest BCUT2D eigenvalue weighted by molar-refractivity contribution is 5.76. The first-order chi connectivity index (χ1) is 38.3. The third-order valence-electron chi connectivity index (χ3n) is 15.8. The Kier molecular flexibility index (Phi) is 39.7. The number of aliphatic hydroxyl groups excluding tert-OH is 11. The summed E-state index contributed by atoms with van der Waals surface area (Å²) in [7, 11) is 0. The molecule has 17 atom stereocenters. The van der Waals surface area contributed by atoms with Crippen LogP contribution >= 0.6 is 0 Å². The smallest absolute Gasteiger partial charge is 0.220 e. The molecule has 12 N–H and O–H groups in total. The Morgan fingerprint density at radius 1 is 0.443 bits per heavy atom. The number of ether oxygens (including phenoxy) is 6. The minimum absolute atomic E-state index is 0.237. The lowest BCUT2D eigenvalue weighted by molar-refractivity contribution is -0.379. The number of hydrogen-bond acceptors (Lipinski definition) is 18. The summed E-state index contributed by atoms with van der Waals surface area (Å²) >= 11 is 0. The van der Waals surface area contributed by atoms with Crippen LogP contribution in [0.25, 0.3) is 0 Å². The number of unbranched alkanes of at least 4 members (excludes halogenated alkanes) is 28. The van der Waals surface area contributed by atoms with Gasteiger partial charge in [-0.15, -0.1) is 0 Å². The van der Waals surface area contributed by atoms with Gasteiger partial charge in [0, 0.05) is 6.42 Å². The van der Waals surface area contributed by atoms with Crippen LogP contribution in [-0.4, -0.2) is 193 Å². The summed E-state index contributed by atoms with van der Waals surface area (Å²) in [6.45, 7) is 1.67. The molecule has 3 aliphatic rings. The molecule has 464 valence electrons. The van der Waals surface area contributed by atoms with Gasteiger partial charge in [-0.25, -0.2) is 0 Å². The second-order valence-electron chi connectivity index (χ2n) is 22.5. The van der Waals surface area contributed by atoms with Gasteiger partial charge in [-0.3, -0.25) is 4.79 Å². The highest BCUT2D eigenvalue weighted by Crippen LogP contribution is 2.33. The fraction of sp³-hybridized carbons (Fsp3) is 0.917. The van der Waals surface area contributed by atoms with E-state index in [2.05, 4.69) is 31.3 Å². The number of hydrogen-bond donors (Lipinski definition) is 12. The maximum atomic E-state index is 13.2. The zero-order valence-electron chi connectivity index (χ0n) is 48.4. The molecule has 19 nitrogen and oxygen atoms in total. The molecule has 1 amide bonds. The van der Waals surface area contributed by atoms with Crippen molar-refractivity contribution < 1.29 is 89.4 Å². The van der Waals surface area contributed by atoms with Gasteiger partial charge in [-0.05, 0) is 32.1 Å². The van der Waals surface area contributed by atoms with E-state index >= 15 is 0 Å². The maximum absolute atomic E-state index is 13.2. The van der Waals surface area contributed by atoms with E-state index in [0.29, 0.717) is 12.8 Å². The van der Waals surface area contributed by atoms with Crippen molar-refractivity contribution in [2.45, 2.75) is 324 Å². The van der Waals surface area contributed by atoms with Gasteiger partial charge in [0.05, 0.1) is 38.6 Å². The van der Waals surface area contributed by atoms with Crippen LogP contribution in [0.4, 0.5) is 0 Å². The van der Waals surface area contributed by atoms with Crippen LogP contribution in [0, 0.1) is 0 Å². The standard InChI is InChI=1S/C60H111NO18/c1-3-5-7-9-11-13-14-15-16-17-18-19-20-21-22-23-24-25-26-27-28-29-30-31-33-35-37-44(65)43(61-48(66)38-36-34-32-12-10-8-6-4-2)42-74-58-54(72)51(69)56(46(40-63)76-58)79-60-55(73)52(70)57(47(41-64)77-60)78-59-53(71)50(68)49(67)45(39-62)75-59/h29-30,35,37,43-47,49-60,62-65,67-73H,3-28,31-34,36,38-42H2,1-2H3,(H,61,66)/b30-29+,37-35+. The van der Waals surface area contributed by atoms with Crippen LogP contribution in [0.2, 0.25) is 0 Å². The molecule has 0 aromatic heterocycles. The third kappa shape index (κ3) is 27.7. The number of allylic oxidation sites excluding steroid dienone is 3. The lowest BCUT2D eigenvalue weighted by Crippen LogP contribution is -2.66. The Bertz CT molecular complexity index is 1540. The number of nitrogens with one attached hydrogen (secondary N) is 1. The van der Waals surface area contributed by atoms with Crippen LogP contribution in [-0.2, 0) is 33.2 Å². The number of amides is 1. The Morgan fingerprint density at radius 2 is 0.810 bits per heavy atom. The minimum Gasteiger partial charge on any atom is -0.394 e. The van der Waals surface area contributed by atoms with E-state index in [0.717, 1.165) is 44.9 Å². The molecule has 17 unspecified atom stereocenters. The Hall–Kier alpha value is -1.73. The summed E-state index contributed by atoms with van der Waals surface area (Å²) in [4.78, 5) is 13.2. The number of rotatable bonds is 46. The SMILES string of the molecule is CCCCCCCCCCCCCCCCCCCCCC/C=C/CC/C=C/C(O)C(COC1OC(CO)C(OC2OC(CO)C(OC3OC(CO)C(O)C(O)C3O)C(O)C2O)C(O)C1O)NC(=O)CCCCCCCCCC. The van der Waals surface area contributed by atoms with Gasteiger partial charge in [-0.2, -0.15) is 0 Å². The highest BCUT2D eigenvalue weighted by atomic mass is 16.8. The van der Waals surface area contributed by atoms with Gasteiger partial charge >= 0.3 is 0 Å². The van der Waals surface area contributed by atoms with Crippen molar-refractivity contribution in [3.05, 3.63) is 24.3 Å². The quantitative estimate of drug-likeness (QED) is 0.0248. The molecular weight excluding hydrogens is 1020 g/mol. The van der Waals surface area contributed by atoms with Crippen molar-refractivity contribution in [3.63, 3.8) is 0 Å². The first-order valence-corrected chi connectivity index (χ1v) is 31.1. The van der Waals surface area contributed by atoms with E-state index in [-0.39, 0.29) is 18.9 Å². The summed E-state index contributed by atoms with van der Waals surface area (Å²) in [6.07, 6.45) is 19.2. The molecule has 0 spiro atoms. The third-order valence-corrected chi connectivity index (χ3v) is 15.8. The molecule has 0 aromatic carbocycles. The van der Waals surface area contributed by atoms with Crippen molar-refractivity contribution in [2.24, 2.45) is 0 Å². The molecular formula is C60H111NO18. The summed E-state index contributed by atoms with van der Waals surface area (Å²) in [6, 6.07) is -0.983. The predicted molar refractivity (Wildman–Crippen MR) is 300 cm³/mol. The molecule has 19 heteroatoms. The lowest BCUT2D eigenvalue weighted by atomic mass is 9.96. The van der Waals surface area contributed by atoms with Crippen molar-refractivity contribution >= 4 is 5.91 Å². The topological polar surface area (TPSA) is 307 Å². The molecule has 0 aliphatic carbocycles. The van der Waals surface area contributed by atoms with E-state index in [1.165, 1.54) is 141 Å². The molecule has 3 saturated heterocycles. The first-order valence-electron chi connectivity index (χ1n) is 31.1. The van der Waals surface area contributed by atoms with E-state index in [9.17, 15) is 61.0 Å². The second kappa shape index (κ2) is 43.8. The van der Waals surface area contributed by atoms with Crippen LogP contribution in [0.1, 0.15) is 219 Å². The number of aliphatic hydroxyl groups is 11. The zero-order chi connectivity index (χ0) is 57.6. The van der Waals surface area contributed by atoms with Gasteiger partial charge in [0.1, 0.15) is 73.2 Å². The van der Waals surface area contributed by atoms with Crippen LogP contribution in [0.5, 0.6) is 0 Å². The molecule has 0 radical (unpaired) electrons. The van der Waals surface area contributed by atoms with E-state index < -0.39 is 124 Å². The van der Waals surface area contributed by atoms with Gasteiger partial charge in [-0.1, -0.05) is 205 Å². The largest absolute Gasteiger partial charge is 0.394 e. The molecule has 0 aromatic rings. The molecule has 0 bridgehead atoms. The van der Waals surface area contributed by atoms with E-state index in [4.69, 9.17) is 28.4 Å². The molecule has 0 saturated carbocycles. The van der Waals surface area contributed by atoms with Crippen LogP contribution < -0.4 is 5.32 Å². The molecule has 3 heterocycles. The van der Waals surface area contributed by atoms with E-state index in [1.807, 2.05) is 6.08 Å². The van der Waals surface area contributed by atoms with Crippen molar-refractivity contribution in [1.29, 1.82) is 0 Å². The average molecular weight is 1130 g/mol. The predicted octanol–water partition coefficient (Wildman–Crippen LogP) is 5.93. The molecule has 3 fully saturated rings. The Labute approximate surface area is 473 Å². The average Bonchev–Trinajstić information content (AvgIpc) is 3.48. The highest BCUT2D eigenvalue weighted by Gasteiger charge is 2.53.